The molecule has 1 aliphatic heterocycles. The van der Waals surface area contributed by atoms with E-state index in [1.807, 2.05) is 0 Å². The number of benzene rings is 1. The number of carbonyl (C=O) groups excluding carboxylic acids is 1. The molecule has 1 aliphatic rings. The first-order chi connectivity index (χ1) is 11.8. The summed E-state index contributed by atoms with van der Waals surface area (Å²) in [5.41, 5.74) is -0.690. The molecule has 3 rings (SSSR count). The Balaban J connectivity index is 1.79. The monoisotopic (exact) mass is 361 g/mol. The van der Waals surface area contributed by atoms with Gasteiger partial charge in [-0.05, 0) is 25.0 Å². The van der Waals surface area contributed by atoms with Crippen molar-refractivity contribution in [2.24, 2.45) is 0 Å². The maximum absolute atomic E-state index is 13.8. The summed E-state index contributed by atoms with van der Waals surface area (Å²) < 4.78 is 69.8. The van der Waals surface area contributed by atoms with Crippen molar-refractivity contribution in [3.63, 3.8) is 0 Å². The van der Waals surface area contributed by atoms with Gasteiger partial charge in [0.15, 0.2) is 0 Å². The van der Waals surface area contributed by atoms with E-state index in [2.05, 4.69) is 14.6 Å². The van der Waals surface area contributed by atoms with Crippen molar-refractivity contribution in [3.05, 3.63) is 47.2 Å². The van der Waals surface area contributed by atoms with Gasteiger partial charge in [-0.3, -0.25) is 4.79 Å². The molecule has 5 nitrogen and oxygen atoms in total. The van der Waals surface area contributed by atoms with Crippen LogP contribution in [-0.2, 0) is 6.18 Å². The third-order valence-corrected chi connectivity index (χ3v) is 3.92. The number of amides is 1. The Kier molecular flexibility index (Phi) is 4.44. The van der Waals surface area contributed by atoms with Crippen molar-refractivity contribution in [2.45, 2.75) is 24.9 Å². The van der Waals surface area contributed by atoms with E-state index in [1.54, 1.807) is 0 Å². The highest BCUT2D eigenvalue weighted by Crippen LogP contribution is 2.32. The second kappa shape index (κ2) is 6.41. The number of likely N-dealkylation sites (tertiary alicyclic amines) is 1. The van der Waals surface area contributed by atoms with E-state index in [-0.39, 0.29) is 19.0 Å². The van der Waals surface area contributed by atoms with Crippen molar-refractivity contribution in [2.75, 3.05) is 13.1 Å². The van der Waals surface area contributed by atoms with Crippen molar-refractivity contribution in [1.29, 1.82) is 0 Å². The minimum atomic E-state index is -4.76. The molecular formula is C15H12F5N3O2. The smallest absolute Gasteiger partial charge is 0.417 e. The van der Waals surface area contributed by atoms with Gasteiger partial charge in [0, 0.05) is 13.1 Å². The quantitative estimate of drug-likeness (QED) is 0.770. The van der Waals surface area contributed by atoms with Gasteiger partial charge in [-0.25, -0.2) is 8.78 Å². The lowest BCUT2D eigenvalue weighted by Crippen LogP contribution is -2.40. The van der Waals surface area contributed by atoms with Crippen molar-refractivity contribution in [1.82, 2.24) is 15.1 Å². The molecule has 2 aromatic rings. The fourth-order valence-electron chi connectivity index (χ4n) is 2.74. The van der Waals surface area contributed by atoms with Crippen LogP contribution in [0.2, 0.25) is 0 Å². The largest absolute Gasteiger partial charge is 0.470 e. The molecule has 134 valence electrons. The summed E-state index contributed by atoms with van der Waals surface area (Å²) in [6.45, 7) is 0.162. The molecule has 1 aromatic heterocycles. The first-order valence-corrected chi connectivity index (χ1v) is 7.41. The third-order valence-electron chi connectivity index (χ3n) is 3.92. The summed E-state index contributed by atoms with van der Waals surface area (Å²) in [7, 11) is 0. The number of piperidine rings is 1. The van der Waals surface area contributed by atoms with E-state index in [0.717, 1.165) is 18.2 Å². The Bertz CT molecular complexity index is 769. The number of alkyl halides is 3. The standard InChI is InChI=1S/C15H12F5N3O2/c16-9-4-1-5-10(17)11(9)13(24)23-6-2-3-8(7-23)12-21-22-14(25-12)15(18,19)20/h1,4-5,8H,2-3,6-7H2. The van der Waals surface area contributed by atoms with Crippen LogP contribution in [0.3, 0.4) is 0 Å². The Morgan fingerprint density at radius 3 is 2.48 bits per heavy atom. The molecule has 10 heteroatoms. The first-order valence-electron chi connectivity index (χ1n) is 7.41. The highest BCUT2D eigenvalue weighted by Gasteiger charge is 2.39. The van der Waals surface area contributed by atoms with Crippen LogP contribution in [0.4, 0.5) is 22.0 Å². The summed E-state index contributed by atoms with van der Waals surface area (Å²) in [6, 6.07) is 3.06. The topological polar surface area (TPSA) is 59.2 Å². The average molecular weight is 361 g/mol. The molecule has 0 radical (unpaired) electrons. The van der Waals surface area contributed by atoms with E-state index in [0.29, 0.717) is 12.8 Å². The maximum Gasteiger partial charge on any atom is 0.470 e. The van der Waals surface area contributed by atoms with Crippen LogP contribution in [0.5, 0.6) is 0 Å². The second-order valence-corrected chi connectivity index (χ2v) is 5.63. The van der Waals surface area contributed by atoms with E-state index in [4.69, 9.17) is 0 Å². The number of hydrogen-bond acceptors (Lipinski definition) is 4. The summed E-state index contributed by atoms with van der Waals surface area (Å²) in [5, 5.41) is 6.34. The Hall–Kier alpha value is -2.52. The number of carbonyl (C=O) groups is 1. The van der Waals surface area contributed by atoms with E-state index in [9.17, 15) is 26.7 Å². The third kappa shape index (κ3) is 3.47. The molecule has 0 bridgehead atoms. The lowest BCUT2D eigenvalue weighted by molar-refractivity contribution is -0.157. The summed E-state index contributed by atoms with van der Waals surface area (Å²) >= 11 is 0. The van der Waals surface area contributed by atoms with Gasteiger partial charge in [0.1, 0.15) is 17.2 Å². The molecule has 1 fully saturated rings. The van der Waals surface area contributed by atoms with Crippen molar-refractivity contribution >= 4 is 5.91 Å². The minimum absolute atomic E-state index is 0.0634. The van der Waals surface area contributed by atoms with Crippen LogP contribution in [0, 0.1) is 11.6 Å². The number of hydrogen-bond donors (Lipinski definition) is 0. The van der Waals surface area contributed by atoms with Crippen LogP contribution in [0.1, 0.15) is 40.9 Å². The number of aromatic nitrogens is 2. The van der Waals surface area contributed by atoms with Crippen LogP contribution in [0.25, 0.3) is 0 Å². The van der Waals surface area contributed by atoms with Gasteiger partial charge in [0.25, 0.3) is 5.91 Å². The summed E-state index contributed by atoms with van der Waals surface area (Å²) in [5.74, 6) is -5.20. The fourth-order valence-corrected chi connectivity index (χ4v) is 2.74. The van der Waals surface area contributed by atoms with Gasteiger partial charge in [-0.15, -0.1) is 10.2 Å². The Morgan fingerprint density at radius 2 is 1.88 bits per heavy atom. The summed E-state index contributed by atoms with van der Waals surface area (Å²) in [4.78, 5) is 13.6. The van der Waals surface area contributed by atoms with Gasteiger partial charge < -0.3 is 9.32 Å². The van der Waals surface area contributed by atoms with Crippen LogP contribution in [-0.4, -0.2) is 34.1 Å². The Morgan fingerprint density at radius 1 is 1.20 bits per heavy atom. The Labute approximate surface area is 138 Å². The van der Waals surface area contributed by atoms with Crippen LogP contribution >= 0.6 is 0 Å². The van der Waals surface area contributed by atoms with E-state index < -0.39 is 41.1 Å². The van der Waals surface area contributed by atoms with Gasteiger partial charge in [0.2, 0.25) is 5.89 Å². The van der Waals surface area contributed by atoms with Gasteiger partial charge >= 0.3 is 12.1 Å². The molecule has 1 amide bonds. The van der Waals surface area contributed by atoms with E-state index in [1.165, 1.54) is 4.90 Å². The molecule has 1 saturated heterocycles. The SMILES string of the molecule is O=C(c1c(F)cccc1F)N1CCCC(c2nnc(C(F)(F)F)o2)C1. The molecule has 0 spiro atoms. The lowest BCUT2D eigenvalue weighted by Gasteiger charge is -2.31. The zero-order chi connectivity index (χ0) is 18.2. The predicted molar refractivity (Wildman–Crippen MR) is 73.5 cm³/mol. The predicted octanol–water partition coefficient (Wildman–Crippen LogP) is 3.39. The number of rotatable bonds is 2. The average Bonchev–Trinajstić information content (AvgIpc) is 3.05. The zero-order valence-electron chi connectivity index (χ0n) is 12.7. The molecule has 2 heterocycles. The van der Waals surface area contributed by atoms with Gasteiger partial charge in [-0.2, -0.15) is 13.2 Å². The van der Waals surface area contributed by atoms with Crippen molar-refractivity contribution in [3.8, 4) is 0 Å². The van der Waals surface area contributed by atoms with Crippen molar-refractivity contribution < 1.29 is 31.2 Å². The zero-order valence-corrected chi connectivity index (χ0v) is 12.7. The molecule has 1 unspecified atom stereocenters. The number of halogens is 5. The molecule has 1 aromatic carbocycles. The molecule has 0 saturated carbocycles. The molecular weight excluding hydrogens is 349 g/mol. The lowest BCUT2D eigenvalue weighted by atomic mass is 9.97. The second-order valence-electron chi connectivity index (χ2n) is 5.63. The van der Waals surface area contributed by atoms with Gasteiger partial charge in [0.05, 0.1) is 5.92 Å². The maximum atomic E-state index is 13.8. The van der Waals surface area contributed by atoms with E-state index >= 15 is 0 Å². The molecule has 1 atom stereocenters. The molecule has 0 aliphatic carbocycles. The van der Waals surface area contributed by atoms with Crippen LogP contribution < -0.4 is 0 Å². The molecule has 0 N–H and O–H groups in total. The van der Waals surface area contributed by atoms with Gasteiger partial charge in [-0.1, -0.05) is 6.07 Å². The van der Waals surface area contributed by atoms with Crippen LogP contribution in [0.15, 0.2) is 22.6 Å². The first kappa shape index (κ1) is 17.3. The highest BCUT2D eigenvalue weighted by atomic mass is 19.4. The summed E-state index contributed by atoms with van der Waals surface area (Å²) in [6.07, 6.45) is -3.91. The fraction of sp³-hybridized carbons (Fsp3) is 0.400. The highest BCUT2D eigenvalue weighted by molar-refractivity contribution is 5.94. The normalized spacial score (nSPS) is 18.4. The molecule has 25 heavy (non-hydrogen) atoms. The minimum Gasteiger partial charge on any atom is -0.417 e. The number of nitrogens with zero attached hydrogens (tertiary/aromatic N) is 3.